The molecule has 0 aromatic carbocycles. The number of methoxy groups -OCH3 is 1. The van der Waals surface area contributed by atoms with Gasteiger partial charge in [-0.25, -0.2) is 4.98 Å². The first kappa shape index (κ1) is 15.2. The number of nitrogens with zero attached hydrogens (tertiary/aromatic N) is 3. The highest BCUT2D eigenvalue weighted by Crippen LogP contribution is 2.23. The van der Waals surface area contributed by atoms with E-state index in [2.05, 4.69) is 20.2 Å². The third-order valence-corrected chi connectivity index (χ3v) is 3.79. The van der Waals surface area contributed by atoms with Gasteiger partial charge in [0.25, 0.3) is 0 Å². The number of aryl methyl sites for hydroxylation is 2. The molecule has 1 aliphatic heterocycles. The summed E-state index contributed by atoms with van der Waals surface area (Å²) in [4.78, 5) is 11.5. The molecule has 0 radical (unpaired) electrons. The van der Waals surface area contributed by atoms with Gasteiger partial charge in [-0.15, -0.1) is 0 Å². The fourth-order valence-corrected chi connectivity index (χ4v) is 2.73. The first-order valence-electron chi connectivity index (χ1n) is 7.45. The van der Waals surface area contributed by atoms with Gasteiger partial charge >= 0.3 is 0 Å². The maximum Gasteiger partial charge on any atom is 0.150 e. The van der Waals surface area contributed by atoms with E-state index in [4.69, 9.17) is 4.74 Å². The Hall–Kier alpha value is -1.20. The summed E-state index contributed by atoms with van der Waals surface area (Å²) in [6, 6.07) is 0. The predicted octanol–water partition coefficient (Wildman–Crippen LogP) is 1.55. The summed E-state index contributed by atoms with van der Waals surface area (Å²) < 4.78 is 5.06. The third kappa shape index (κ3) is 4.15. The van der Waals surface area contributed by atoms with Crippen LogP contribution in [-0.2, 0) is 4.74 Å². The number of hydrogen-bond donors (Lipinski definition) is 1. The predicted molar refractivity (Wildman–Crippen MR) is 81.2 cm³/mol. The van der Waals surface area contributed by atoms with Crippen molar-refractivity contribution in [3.8, 4) is 0 Å². The maximum atomic E-state index is 5.06. The van der Waals surface area contributed by atoms with E-state index in [9.17, 15) is 0 Å². The molecule has 0 bridgehead atoms. The van der Waals surface area contributed by atoms with Gasteiger partial charge in [-0.05, 0) is 39.2 Å². The fraction of sp³-hybridized carbons (Fsp3) is 0.733. The van der Waals surface area contributed by atoms with E-state index in [1.807, 2.05) is 20.0 Å². The minimum absolute atomic E-state index is 0.683. The fourth-order valence-electron chi connectivity index (χ4n) is 2.73. The Bertz CT molecular complexity index is 424. The number of piperidine rings is 1. The summed E-state index contributed by atoms with van der Waals surface area (Å²) in [5.41, 5.74) is 2.02. The van der Waals surface area contributed by atoms with Crippen LogP contribution in [0, 0.1) is 19.8 Å². The van der Waals surface area contributed by atoms with Gasteiger partial charge in [0.1, 0.15) is 5.82 Å². The minimum atomic E-state index is 0.683. The lowest BCUT2D eigenvalue weighted by molar-refractivity contribution is 0.197. The average Bonchev–Trinajstić information content (AvgIpc) is 2.46. The summed E-state index contributed by atoms with van der Waals surface area (Å²) >= 11 is 0. The first-order chi connectivity index (χ1) is 9.70. The lowest BCUT2D eigenvalue weighted by Gasteiger charge is -2.34. The quantitative estimate of drug-likeness (QED) is 0.800. The van der Waals surface area contributed by atoms with E-state index in [0.29, 0.717) is 5.92 Å². The van der Waals surface area contributed by atoms with Crippen LogP contribution in [0.25, 0.3) is 0 Å². The van der Waals surface area contributed by atoms with Gasteiger partial charge in [-0.2, -0.15) is 0 Å². The van der Waals surface area contributed by atoms with Crippen LogP contribution >= 0.6 is 0 Å². The molecule has 1 aromatic rings. The van der Waals surface area contributed by atoms with Crippen molar-refractivity contribution in [1.29, 1.82) is 0 Å². The van der Waals surface area contributed by atoms with Crippen molar-refractivity contribution in [2.45, 2.75) is 26.7 Å². The molecule has 1 aliphatic rings. The molecule has 2 heterocycles. The summed E-state index contributed by atoms with van der Waals surface area (Å²) in [6.07, 6.45) is 4.35. The molecule has 5 nitrogen and oxygen atoms in total. The Morgan fingerprint density at radius 2 is 2.30 bits per heavy atom. The normalized spacial score (nSPS) is 19.4. The van der Waals surface area contributed by atoms with Crippen LogP contribution in [0.5, 0.6) is 0 Å². The first-order valence-corrected chi connectivity index (χ1v) is 7.45. The molecular formula is C15H26N4O. The Balaban J connectivity index is 1.91. The lowest BCUT2D eigenvalue weighted by Crippen LogP contribution is -2.41. The van der Waals surface area contributed by atoms with E-state index < -0.39 is 0 Å². The van der Waals surface area contributed by atoms with Gasteiger partial charge in [0.05, 0.1) is 18.0 Å². The Kier molecular flexibility index (Phi) is 5.73. The van der Waals surface area contributed by atoms with Crippen molar-refractivity contribution in [2.75, 3.05) is 44.8 Å². The SMILES string of the molecule is COCCNCC1CCCN(c2nc(C)cnc2C)C1. The van der Waals surface area contributed by atoms with Crippen LogP contribution in [-0.4, -0.2) is 49.9 Å². The van der Waals surface area contributed by atoms with Crippen LogP contribution in [0.2, 0.25) is 0 Å². The van der Waals surface area contributed by atoms with Crippen molar-refractivity contribution >= 4 is 5.82 Å². The van der Waals surface area contributed by atoms with Gasteiger partial charge in [-0.1, -0.05) is 0 Å². The van der Waals surface area contributed by atoms with Crippen LogP contribution in [0.3, 0.4) is 0 Å². The zero-order valence-electron chi connectivity index (χ0n) is 12.9. The molecule has 5 heteroatoms. The number of ether oxygens (including phenoxy) is 1. The highest BCUT2D eigenvalue weighted by atomic mass is 16.5. The van der Waals surface area contributed by atoms with E-state index in [-0.39, 0.29) is 0 Å². The zero-order chi connectivity index (χ0) is 14.4. The van der Waals surface area contributed by atoms with Gasteiger partial charge in [-0.3, -0.25) is 4.98 Å². The van der Waals surface area contributed by atoms with Crippen molar-refractivity contribution in [3.05, 3.63) is 17.6 Å². The molecule has 1 atom stereocenters. The third-order valence-electron chi connectivity index (χ3n) is 3.79. The van der Waals surface area contributed by atoms with Crippen LogP contribution in [0.4, 0.5) is 5.82 Å². The molecule has 20 heavy (non-hydrogen) atoms. The van der Waals surface area contributed by atoms with Gasteiger partial charge in [0.15, 0.2) is 0 Å². The number of nitrogens with one attached hydrogen (secondary N) is 1. The maximum absolute atomic E-state index is 5.06. The highest BCUT2D eigenvalue weighted by Gasteiger charge is 2.22. The van der Waals surface area contributed by atoms with Gasteiger partial charge in [0.2, 0.25) is 0 Å². The Labute approximate surface area is 121 Å². The van der Waals surface area contributed by atoms with E-state index in [1.54, 1.807) is 7.11 Å². The van der Waals surface area contributed by atoms with Crippen molar-refractivity contribution in [1.82, 2.24) is 15.3 Å². The van der Waals surface area contributed by atoms with E-state index >= 15 is 0 Å². The second-order valence-electron chi connectivity index (χ2n) is 5.57. The number of rotatable bonds is 6. The Morgan fingerprint density at radius 1 is 1.45 bits per heavy atom. The van der Waals surface area contributed by atoms with Crippen LogP contribution < -0.4 is 10.2 Å². The summed E-state index contributed by atoms with van der Waals surface area (Å²) in [7, 11) is 1.74. The molecule has 0 aliphatic carbocycles. The standard InChI is InChI=1S/C15H26N4O/c1-12-9-17-13(2)15(18-12)19-7-4-5-14(11-19)10-16-6-8-20-3/h9,14,16H,4-8,10-11H2,1-3H3. The highest BCUT2D eigenvalue weighted by molar-refractivity contribution is 5.43. The lowest BCUT2D eigenvalue weighted by atomic mass is 9.98. The molecule has 1 unspecified atom stereocenters. The van der Waals surface area contributed by atoms with Crippen LogP contribution in [0.15, 0.2) is 6.20 Å². The minimum Gasteiger partial charge on any atom is -0.383 e. The molecule has 2 rings (SSSR count). The molecule has 1 fully saturated rings. The smallest absolute Gasteiger partial charge is 0.150 e. The monoisotopic (exact) mass is 278 g/mol. The Morgan fingerprint density at radius 3 is 3.10 bits per heavy atom. The van der Waals surface area contributed by atoms with Crippen LogP contribution in [0.1, 0.15) is 24.2 Å². The van der Waals surface area contributed by atoms with E-state index in [1.165, 1.54) is 12.8 Å². The van der Waals surface area contributed by atoms with Crippen molar-refractivity contribution in [3.63, 3.8) is 0 Å². The largest absolute Gasteiger partial charge is 0.383 e. The second kappa shape index (κ2) is 7.55. The molecule has 0 saturated carbocycles. The molecule has 0 amide bonds. The zero-order valence-corrected chi connectivity index (χ0v) is 12.9. The van der Waals surface area contributed by atoms with E-state index in [0.717, 1.165) is 50.0 Å². The number of aromatic nitrogens is 2. The molecule has 0 spiro atoms. The summed E-state index contributed by atoms with van der Waals surface area (Å²) in [6.45, 7) is 8.96. The number of hydrogen-bond acceptors (Lipinski definition) is 5. The number of anilines is 1. The molecular weight excluding hydrogens is 252 g/mol. The van der Waals surface area contributed by atoms with Crippen molar-refractivity contribution < 1.29 is 4.74 Å². The topological polar surface area (TPSA) is 50.3 Å². The van der Waals surface area contributed by atoms with Crippen molar-refractivity contribution in [2.24, 2.45) is 5.92 Å². The molecule has 1 saturated heterocycles. The molecule has 1 aromatic heterocycles. The average molecular weight is 278 g/mol. The second-order valence-corrected chi connectivity index (χ2v) is 5.57. The van der Waals surface area contributed by atoms with Gasteiger partial charge in [0, 0.05) is 32.9 Å². The summed E-state index contributed by atoms with van der Waals surface area (Å²) in [5.74, 6) is 1.74. The molecule has 1 N–H and O–H groups in total. The van der Waals surface area contributed by atoms with Gasteiger partial charge < -0.3 is 15.0 Å². The molecule has 112 valence electrons. The summed E-state index contributed by atoms with van der Waals surface area (Å²) in [5, 5.41) is 3.47.